The highest BCUT2D eigenvalue weighted by Crippen LogP contribution is 2.37. The van der Waals surface area contributed by atoms with Crippen molar-refractivity contribution >= 4 is 5.91 Å². The molecule has 4 nitrogen and oxygen atoms in total. The first-order chi connectivity index (χ1) is 8.10. The molecule has 2 rings (SSSR count). The fourth-order valence-electron chi connectivity index (χ4n) is 2.57. The van der Waals surface area contributed by atoms with E-state index in [0.29, 0.717) is 5.92 Å². The summed E-state index contributed by atoms with van der Waals surface area (Å²) in [5.74, 6) is 0.425. The molecule has 1 aliphatic heterocycles. The first-order valence-corrected chi connectivity index (χ1v) is 6.90. The van der Waals surface area contributed by atoms with E-state index in [0.717, 1.165) is 25.9 Å². The zero-order valence-corrected chi connectivity index (χ0v) is 10.9. The van der Waals surface area contributed by atoms with E-state index in [1.807, 2.05) is 6.92 Å². The maximum Gasteiger partial charge on any atom is 0.240 e. The number of hydrogen-bond acceptors (Lipinski definition) is 3. The van der Waals surface area contributed by atoms with Gasteiger partial charge in [0.25, 0.3) is 0 Å². The smallest absolute Gasteiger partial charge is 0.240 e. The van der Waals surface area contributed by atoms with Gasteiger partial charge in [-0.25, -0.2) is 0 Å². The molecule has 3 N–H and O–H groups in total. The predicted octanol–water partition coefficient (Wildman–Crippen LogP) is 0.716. The zero-order valence-electron chi connectivity index (χ0n) is 10.9. The second kappa shape index (κ2) is 5.36. The highest BCUT2D eigenvalue weighted by atomic mass is 16.2. The molecule has 1 atom stereocenters. The van der Waals surface area contributed by atoms with Gasteiger partial charge in [0.15, 0.2) is 0 Å². The quantitative estimate of drug-likeness (QED) is 0.743. The Kier molecular flexibility index (Phi) is 4.05. The summed E-state index contributed by atoms with van der Waals surface area (Å²) in [4.78, 5) is 14.4. The van der Waals surface area contributed by atoms with Crippen molar-refractivity contribution in [1.29, 1.82) is 0 Å². The Morgan fingerprint density at radius 2 is 2.00 bits per heavy atom. The third-order valence-corrected chi connectivity index (χ3v) is 4.08. The number of rotatable bonds is 5. The molecular weight excluding hydrogens is 214 g/mol. The largest absolute Gasteiger partial charge is 0.353 e. The van der Waals surface area contributed by atoms with E-state index < -0.39 is 5.54 Å². The van der Waals surface area contributed by atoms with Crippen LogP contribution >= 0.6 is 0 Å². The summed E-state index contributed by atoms with van der Waals surface area (Å²) in [6, 6.07) is 0. The lowest BCUT2D eigenvalue weighted by molar-refractivity contribution is -0.126. The third kappa shape index (κ3) is 3.42. The van der Waals surface area contributed by atoms with Gasteiger partial charge < -0.3 is 16.0 Å². The van der Waals surface area contributed by atoms with Crippen molar-refractivity contribution in [3.8, 4) is 0 Å². The summed E-state index contributed by atoms with van der Waals surface area (Å²) >= 11 is 0. The van der Waals surface area contributed by atoms with E-state index in [1.54, 1.807) is 0 Å². The van der Waals surface area contributed by atoms with Crippen molar-refractivity contribution in [3.05, 3.63) is 0 Å². The molecule has 0 radical (unpaired) electrons. The average Bonchev–Trinajstić information content (AvgIpc) is 3.14. The lowest BCUT2D eigenvalue weighted by Crippen LogP contribution is -2.54. The van der Waals surface area contributed by atoms with Gasteiger partial charge in [-0.1, -0.05) is 6.42 Å². The molecule has 1 aliphatic carbocycles. The Morgan fingerprint density at radius 3 is 2.59 bits per heavy atom. The van der Waals surface area contributed by atoms with Crippen LogP contribution in [0.1, 0.15) is 39.0 Å². The number of piperidine rings is 1. The molecule has 0 aromatic heterocycles. The molecule has 0 bridgehead atoms. The molecule has 1 heterocycles. The molecule has 0 spiro atoms. The first kappa shape index (κ1) is 12.8. The molecule has 4 heteroatoms. The SMILES string of the molecule is CC(N)(C(=O)NCCN1CCCCC1)C1CC1. The summed E-state index contributed by atoms with van der Waals surface area (Å²) in [5.41, 5.74) is 5.41. The van der Waals surface area contributed by atoms with Gasteiger partial charge in [-0.3, -0.25) is 4.79 Å². The van der Waals surface area contributed by atoms with Gasteiger partial charge >= 0.3 is 0 Å². The van der Waals surface area contributed by atoms with Crippen LogP contribution in [-0.4, -0.2) is 42.5 Å². The Labute approximate surface area is 104 Å². The molecule has 0 aromatic carbocycles. The predicted molar refractivity (Wildman–Crippen MR) is 68.6 cm³/mol. The van der Waals surface area contributed by atoms with Crippen LogP contribution in [0.15, 0.2) is 0 Å². The number of amides is 1. The number of nitrogens with zero attached hydrogens (tertiary/aromatic N) is 1. The maximum absolute atomic E-state index is 11.9. The van der Waals surface area contributed by atoms with E-state index in [-0.39, 0.29) is 5.91 Å². The highest BCUT2D eigenvalue weighted by Gasteiger charge is 2.43. The number of likely N-dealkylation sites (tertiary alicyclic amines) is 1. The van der Waals surface area contributed by atoms with Crippen molar-refractivity contribution in [3.63, 3.8) is 0 Å². The fourth-order valence-corrected chi connectivity index (χ4v) is 2.57. The van der Waals surface area contributed by atoms with Gasteiger partial charge in [-0.05, 0) is 51.6 Å². The number of carbonyl (C=O) groups excluding carboxylic acids is 1. The van der Waals surface area contributed by atoms with Crippen LogP contribution in [0.3, 0.4) is 0 Å². The lowest BCUT2D eigenvalue weighted by Gasteiger charge is -2.28. The van der Waals surface area contributed by atoms with E-state index in [9.17, 15) is 4.79 Å². The average molecular weight is 239 g/mol. The summed E-state index contributed by atoms with van der Waals surface area (Å²) in [6.07, 6.45) is 6.15. The topological polar surface area (TPSA) is 58.4 Å². The molecular formula is C13H25N3O. The van der Waals surface area contributed by atoms with Crippen molar-refractivity contribution in [2.24, 2.45) is 11.7 Å². The summed E-state index contributed by atoms with van der Waals surface area (Å²) in [7, 11) is 0. The number of nitrogens with one attached hydrogen (secondary N) is 1. The van der Waals surface area contributed by atoms with E-state index >= 15 is 0 Å². The van der Waals surface area contributed by atoms with Crippen LogP contribution in [-0.2, 0) is 4.79 Å². The van der Waals surface area contributed by atoms with E-state index in [2.05, 4.69) is 10.2 Å². The van der Waals surface area contributed by atoms with E-state index in [1.165, 1.54) is 32.4 Å². The summed E-state index contributed by atoms with van der Waals surface area (Å²) in [5, 5.41) is 2.99. The Bertz CT molecular complexity index is 268. The zero-order chi connectivity index (χ0) is 12.3. The van der Waals surface area contributed by atoms with Gasteiger partial charge in [0, 0.05) is 13.1 Å². The van der Waals surface area contributed by atoms with Crippen molar-refractivity contribution in [2.75, 3.05) is 26.2 Å². The van der Waals surface area contributed by atoms with Gasteiger partial charge in [0.2, 0.25) is 5.91 Å². The lowest BCUT2D eigenvalue weighted by atomic mass is 9.96. The van der Waals surface area contributed by atoms with Crippen LogP contribution in [0.2, 0.25) is 0 Å². The van der Waals surface area contributed by atoms with Gasteiger partial charge in [0.05, 0.1) is 5.54 Å². The van der Waals surface area contributed by atoms with Crippen molar-refractivity contribution in [1.82, 2.24) is 10.2 Å². The van der Waals surface area contributed by atoms with Crippen molar-refractivity contribution in [2.45, 2.75) is 44.6 Å². The van der Waals surface area contributed by atoms with E-state index in [4.69, 9.17) is 5.73 Å². The minimum absolute atomic E-state index is 0.0250. The highest BCUT2D eigenvalue weighted by molar-refractivity contribution is 5.86. The molecule has 0 aromatic rings. The fraction of sp³-hybridized carbons (Fsp3) is 0.923. The number of hydrogen-bond donors (Lipinski definition) is 2. The summed E-state index contributed by atoms with van der Waals surface area (Å²) < 4.78 is 0. The molecule has 98 valence electrons. The Balaban J connectivity index is 1.65. The summed E-state index contributed by atoms with van der Waals surface area (Å²) in [6.45, 7) is 5.92. The van der Waals surface area contributed by atoms with Crippen LogP contribution in [0.4, 0.5) is 0 Å². The van der Waals surface area contributed by atoms with Gasteiger partial charge in [-0.15, -0.1) is 0 Å². The number of carbonyl (C=O) groups is 1. The number of nitrogens with two attached hydrogens (primary N) is 1. The van der Waals surface area contributed by atoms with Crippen molar-refractivity contribution < 1.29 is 4.79 Å². The normalized spacial score (nSPS) is 25.3. The second-order valence-electron chi connectivity index (χ2n) is 5.72. The van der Waals surface area contributed by atoms with Crippen LogP contribution < -0.4 is 11.1 Å². The molecule has 17 heavy (non-hydrogen) atoms. The monoisotopic (exact) mass is 239 g/mol. The third-order valence-electron chi connectivity index (χ3n) is 4.08. The molecule has 1 saturated heterocycles. The van der Waals surface area contributed by atoms with Gasteiger partial charge in [0.1, 0.15) is 0 Å². The van der Waals surface area contributed by atoms with Crippen LogP contribution in [0, 0.1) is 5.92 Å². The minimum Gasteiger partial charge on any atom is -0.353 e. The Hall–Kier alpha value is -0.610. The minimum atomic E-state index is -0.651. The molecule has 2 fully saturated rings. The molecule has 1 amide bonds. The standard InChI is InChI=1S/C13H25N3O/c1-13(14,11-5-6-11)12(17)15-7-10-16-8-3-2-4-9-16/h11H,2-10,14H2,1H3,(H,15,17). The molecule has 1 saturated carbocycles. The molecule has 1 unspecified atom stereocenters. The van der Waals surface area contributed by atoms with Crippen LogP contribution in [0.25, 0.3) is 0 Å². The maximum atomic E-state index is 11.9. The second-order valence-corrected chi connectivity index (χ2v) is 5.72. The Morgan fingerprint density at radius 1 is 1.35 bits per heavy atom. The first-order valence-electron chi connectivity index (χ1n) is 6.90. The van der Waals surface area contributed by atoms with Crippen LogP contribution in [0.5, 0.6) is 0 Å². The molecule has 2 aliphatic rings. The van der Waals surface area contributed by atoms with Gasteiger partial charge in [-0.2, -0.15) is 0 Å².